The van der Waals surface area contributed by atoms with E-state index in [0.717, 1.165) is 23.3 Å². The topological polar surface area (TPSA) is 52.0 Å². The molecule has 1 N–H and O–H groups in total. The maximum atomic E-state index is 5.23. The molecule has 3 rings (SSSR count). The first-order valence-electron chi connectivity index (χ1n) is 6.87. The van der Waals surface area contributed by atoms with Crippen LogP contribution in [0.5, 0.6) is 0 Å². The van der Waals surface area contributed by atoms with Crippen molar-refractivity contribution in [3.63, 3.8) is 0 Å². The number of fused-ring (bicyclic) bond motifs is 1. The predicted octanol–water partition coefficient (Wildman–Crippen LogP) is 2.73. The van der Waals surface area contributed by atoms with Crippen LogP contribution < -0.4 is 5.32 Å². The molecule has 1 aromatic heterocycles. The molecule has 5 heteroatoms. The summed E-state index contributed by atoms with van der Waals surface area (Å²) < 4.78 is 7.00. The molecule has 21 heavy (non-hydrogen) atoms. The highest BCUT2D eigenvalue weighted by Gasteiger charge is 2.04. The van der Waals surface area contributed by atoms with Crippen LogP contribution in [-0.2, 0) is 24.9 Å². The first kappa shape index (κ1) is 13.6. The van der Waals surface area contributed by atoms with Gasteiger partial charge in [-0.3, -0.25) is 0 Å². The Balaban J connectivity index is 1.77. The van der Waals surface area contributed by atoms with Gasteiger partial charge in [0.25, 0.3) is 0 Å². The number of aromatic nitrogens is 3. The average molecular weight is 282 g/mol. The normalized spacial score (nSPS) is 11.0. The lowest BCUT2D eigenvalue weighted by Gasteiger charge is -2.11. The van der Waals surface area contributed by atoms with Gasteiger partial charge in [-0.15, -0.1) is 5.10 Å². The zero-order valence-electron chi connectivity index (χ0n) is 12.2. The summed E-state index contributed by atoms with van der Waals surface area (Å²) in [6.07, 6.45) is 0. The number of ether oxygens (including phenoxy) is 1. The molecular weight excluding hydrogens is 264 g/mol. The Kier molecular flexibility index (Phi) is 3.83. The number of hydrogen-bond acceptors (Lipinski definition) is 4. The average Bonchev–Trinajstić information content (AvgIpc) is 2.88. The van der Waals surface area contributed by atoms with Gasteiger partial charge in [-0.1, -0.05) is 29.5 Å². The zero-order valence-corrected chi connectivity index (χ0v) is 12.2. The maximum Gasteiger partial charge on any atom is 0.115 e. The van der Waals surface area contributed by atoms with Gasteiger partial charge in [-0.05, 0) is 29.3 Å². The number of benzene rings is 2. The highest BCUT2D eigenvalue weighted by molar-refractivity contribution is 5.78. The van der Waals surface area contributed by atoms with Gasteiger partial charge in [0.1, 0.15) is 5.52 Å². The lowest BCUT2D eigenvalue weighted by Crippen LogP contribution is -2.03. The van der Waals surface area contributed by atoms with E-state index in [0.29, 0.717) is 6.61 Å². The lowest BCUT2D eigenvalue weighted by atomic mass is 10.1. The van der Waals surface area contributed by atoms with E-state index in [2.05, 4.69) is 27.8 Å². The highest BCUT2D eigenvalue weighted by atomic mass is 16.5. The molecule has 0 aliphatic heterocycles. The van der Waals surface area contributed by atoms with Crippen molar-refractivity contribution in [3.05, 3.63) is 53.6 Å². The molecule has 0 unspecified atom stereocenters. The van der Waals surface area contributed by atoms with Gasteiger partial charge in [0.15, 0.2) is 0 Å². The van der Waals surface area contributed by atoms with Crippen LogP contribution in [0.3, 0.4) is 0 Å². The number of aryl methyl sites for hydroxylation is 1. The van der Waals surface area contributed by atoms with Crippen LogP contribution in [0.15, 0.2) is 42.5 Å². The SMILES string of the molecule is COCc1ccccc1CNc1ccc2c(c1)nnn2C. The molecule has 0 atom stereocenters. The Labute approximate surface area is 123 Å². The number of rotatable bonds is 5. The summed E-state index contributed by atoms with van der Waals surface area (Å²) in [7, 11) is 3.61. The van der Waals surface area contributed by atoms with Crippen LogP contribution >= 0.6 is 0 Å². The molecule has 0 fully saturated rings. The molecule has 1 heterocycles. The van der Waals surface area contributed by atoms with Crippen molar-refractivity contribution in [2.45, 2.75) is 13.2 Å². The third-order valence-corrected chi connectivity index (χ3v) is 3.51. The summed E-state index contributed by atoms with van der Waals surface area (Å²) in [5.74, 6) is 0. The standard InChI is InChI=1S/C16H18N4O/c1-20-16-8-7-14(9-15(16)18-19-20)17-10-12-5-3-4-6-13(12)11-21-2/h3-9,17H,10-11H2,1-2H3. The van der Waals surface area contributed by atoms with Gasteiger partial charge in [0.05, 0.1) is 12.1 Å². The van der Waals surface area contributed by atoms with E-state index in [4.69, 9.17) is 4.74 Å². The second-order valence-electron chi connectivity index (χ2n) is 4.97. The monoisotopic (exact) mass is 282 g/mol. The van der Waals surface area contributed by atoms with Gasteiger partial charge >= 0.3 is 0 Å². The Morgan fingerprint density at radius 1 is 1.14 bits per heavy atom. The molecule has 108 valence electrons. The summed E-state index contributed by atoms with van der Waals surface area (Å²) in [5, 5.41) is 11.6. The molecule has 0 aliphatic rings. The lowest BCUT2D eigenvalue weighted by molar-refractivity contribution is 0.184. The number of nitrogens with one attached hydrogen (secondary N) is 1. The second-order valence-corrected chi connectivity index (χ2v) is 4.97. The quantitative estimate of drug-likeness (QED) is 0.781. The molecule has 0 bridgehead atoms. The molecule has 0 saturated carbocycles. The molecule has 2 aromatic carbocycles. The minimum absolute atomic E-state index is 0.626. The van der Waals surface area contributed by atoms with Crippen molar-refractivity contribution in [2.24, 2.45) is 7.05 Å². The fourth-order valence-corrected chi connectivity index (χ4v) is 2.37. The summed E-state index contributed by atoms with van der Waals surface area (Å²) >= 11 is 0. The van der Waals surface area contributed by atoms with Crippen LogP contribution in [0.4, 0.5) is 5.69 Å². The molecule has 0 saturated heterocycles. The maximum absolute atomic E-state index is 5.23. The summed E-state index contributed by atoms with van der Waals surface area (Å²) in [4.78, 5) is 0. The molecular formula is C16H18N4O. The van der Waals surface area contributed by atoms with Gasteiger partial charge in [-0.2, -0.15) is 0 Å². The molecule has 3 aromatic rings. The van der Waals surface area contributed by atoms with E-state index in [1.54, 1.807) is 11.8 Å². The fourth-order valence-electron chi connectivity index (χ4n) is 2.37. The Bertz CT molecular complexity index is 751. The Hall–Kier alpha value is -2.40. The van der Waals surface area contributed by atoms with Crippen LogP contribution in [0.2, 0.25) is 0 Å². The van der Waals surface area contributed by atoms with Gasteiger partial charge in [0.2, 0.25) is 0 Å². The van der Waals surface area contributed by atoms with Crippen molar-refractivity contribution in [2.75, 3.05) is 12.4 Å². The van der Waals surface area contributed by atoms with E-state index in [1.807, 2.05) is 37.4 Å². The molecule has 0 spiro atoms. The van der Waals surface area contributed by atoms with Gasteiger partial charge < -0.3 is 10.1 Å². The largest absolute Gasteiger partial charge is 0.381 e. The number of anilines is 1. The van der Waals surface area contributed by atoms with Gasteiger partial charge in [0, 0.05) is 26.4 Å². The van der Waals surface area contributed by atoms with E-state index in [9.17, 15) is 0 Å². The first-order valence-corrected chi connectivity index (χ1v) is 6.87. The number of nitrogens with zero attached hydrogens (tertiary/aromatic N) is 3. The van der Waals surface area contributed by atoms with Crippen molar-refractivity contribution in [1.29, 1.82) is 0 Å². The number of methoxy groups -OCH3 is 1. The molecule has 0 aliphatic carbocycles. The number of hydrogen-bond donors (Lipinski definition) is 1. The molecule has 5 nitrogen and oxygen atoms in total. The second kappa shape index (κ2) is 5.93. The van der Waals surface area contributed by atoms with Gasteiger partial charge in [-0.25, -0.2) is 4.68 Å². The Morgan fingerprint density at radius 3 is 2.76 bits per heavy atom. The molecule has 0 radical (unpaired) electrons. The smallest absolute Gasteiger partial charge is 0.115 e. The van der Waals surface area contributed by atoms with Crippen LogP contribution in [0.1, 0.15) is 11.1 Å². The fraction of sp³-hybridized carbons (Fsp3) is 0.250. The van der Waals surface area contributed by atoms with Crippen LogP contribution in [0, 0.1) is 0 Å². The highest BCUT2D eigenvalue weighted by Crippen LogP contribution is 2.18. The summed E-state index contributed by atoms with van der Waals surface area (Å²) in [5.41, 5.74) is 5.40. The predicted molar refractivity (Wildman–Crippen MR) is 83.0 cm³/mol. The van der Waals surface area contributed by atoms with E-state index in [-0.39, 0.29) is 0 Å². The van der Waals surface area contributed by atoms with E-state index < -0.39 is 0 Å². The van der Waals surface area contributed by atoms with Crippen LogP contribution in [-0.4, -0.2) is 22.1 Å². The summed E-state index contributed by atoms with van der Waals surface area (Å²) in [6, 6.07) is 14.4. The van der Waals surface area contributed by atoms with E-state index in [1.165, 1.54) is 11.1 Å². The molecule has 0 amide bonds. The third-order valence-electron chi connectivity index (χ3n) is 3.51. The van der Waals surface area contributed by atoms with Crippen molar-refractivity contribution in [3.8, 4) is 0 Å². The third kappa shape index (κ3) is 2.87. The first-order chi connectivity index (χ1) is 10.3. The Morgan fingerprint density at radius 2 is 1.95 bits per heavy atom. The minimum Gasteiger partial charge on any atom is -0.381 e. The zero-order chi connectivity index (χ0) is 14.7. The minimum atomic E-state index is 0.626. The van der Waals surface area contributed by atoms with Crippen LogP contribution in [0.25, 0.3) is 11.0 Å². The summed E-state index contributed by atoms with van der Waals surface area (Å²) in [6.45, 7) is 1.38. The van der Waals surface area contributed by atoms with Crippen molar-refractivity contribution < 1.29 is 4.74 Å². The van der Waals surface area contributed by atoms with Crippen molar-refractivity contribution >= 4 is 16.7 Å². The van der Waals surface area contributed by atoms with Crippen molar-refractivity contribution in [1.82, 2.24) is 15.0 Å². The van der Waals surface area contributed by atoms with E-state index >= 15 is 0 Å².